The Kier molecular flexibility index (Phi) is 1.95. The van der Waals surface area contributed by atoms with E-state index in [2.05, 4.69) is 9.97 Å². The maximum absolute atomic E-state index is 12.1. The van der Waals surface area contributed by atoms with Crippen molar-refractivity contribution in [3.8, 4) is 0 Å². The normalized spacial score (nSPS) is 9.56. The van der Waals surface area contributed by atoms with Gasteiger partial charge in [-0.2, -0.15) is 4.39 Å². The summed E-state index contributed by atoms with van der Waals surface area (Å²) in [5, 5.41) is 0. The van der Waals surface area contributed by atoms with E-state index in [-0.39, 0.29) is 5.88 Å². The number of alkyl halides is 1. The Morgan fingerprint density at radius 2 is 2.44 bits per heavy atom. The predicted molar refractivity (Wildman–Crippen MR) is 31.5 cm³/mol. The van der Waals surface area contributed by atoms with Gasteiger partial charge < -0.3 is 0 Å². The summed E-state index contributed by atoms with van der Waals surface area (Å²) >= 11 is 5.31. The fourth-order valence-corrected chi connectivity index (χ4v) is 0.567. The zero-order chi connectivity index (χ0) is 6.69. The van der Waals surface area contributed by atoms with Gasteiger partial charge in [0.1, 0.15) is 5.82 Å². The summed E-state index contributed by atoms with van der Waals surface area (Å²) in [5.74, 6) is -0.0742. The molecule has 1 aromatic rings. The predicted octanol–water partition coefficient (Wildman–Crippen LogP) is 1.35. The standard InChI is InChI=1S/C5H4ClFN2/c6-3-5-8-2-1-4(7)9-5/h1-2H,3H2. The molecule has 0 saturated carbocycles. The van der Waals surface area contributed by atoms with E-state index >= 15 is 0 Å². The van der Waals surface area contributed by atoms with E-state index in [4.69, 9.17) is 11.6 Å². The average Bonchev–Trinajstić information content (AvgIpc) is 1.88. The first-order valence-electron chi connectivity index (χ1n) is 2.36. The van der Waals surface area contributed by atoms with Crippen LogP contribution >= 0.6 is 11.6 Å². The first-order chi connectivity index (χ1) is 4.33. The summed E-state index contributed by atoms with van der Waals surface area (Å²) in [6.45, 7) is 0. The third kappa shape index (κ3) is 1.61. The lowest BCUT2D eigenvalue weighted by Gasteiger charge is -1.89. The minimum absolute atomic E-state index is 0.151. The van der Waals surface area contributed by atoms with Crippen LogP contribution in [0.1, 0.15) is 5.82 Å². The summed E-state index contributed by atoms with van der Waals surface area (Å²) < 4.78 is 12.1. The van der Waals surface area contributed by atoms with Gasteiger partial charge in [0.25, 0.3) is 0 Å². The van der Waals surface area contributed by atoms with E-state index in [0.29, 0.717) is 5.82 Å². The Morgan fingerprint density at radius 1 is 1.67 bits per heavy atom. The zero-order valence-corrected chi connectivity index (χ0v) is 5.27. The number of hydrogen-bond donors (Lipinski definition) is 0. The van der Waals surface area contributed by atoms with Gasteiger partial charge in [-0.3, -0.25) is 0 Å². The minimum Gasteiger partial charge on any atom is -0.240 e. The number of nitrogens with zero attached hydrogens (tertiary/aromatic N) is 2. The van der Waals surface area contributed by atoms with Crippen molar-refractivity contribution in [3.05, 3.63) is 24.0 Å². The molecule has 1 heterocycles. The minimum atomic E-state index is -0.541. The van der Waals surface area contributed by atoms with Crippen molar-refractivity contribution in [3.63, 3.8) is 0 Å². The quantitative estimate of drug-likeness (QED) is 0.442. The second kappa shape index (κ2) is 2.73. The molecule has 0 atom stereocenters. The molecule has 0 amide bonds. The highest BCUT2D eigenvalue weighted by atomic mass is 35.5. The SMILES string of the molecule is Fc1ccnc(CCl)n1. The van der Waals surface area contributed by atoms with Crippen LogP contribution in [-0.2, 0) is 5.88 Å². The lowest BCUT2D eigenvalue weighted by Crippen LogP contribution is -1.91. The number of rotatable bonds is 1. The van der Waals surface area contributed by atoms with Crippen molar-refractivity contribution in [2.45, 2.75) is 5.88 Å². The highest BCUT2D eigenvalue weighted by Gasteiger charge is 1.93. The molecule has 1 aromatic heterocycles. The molecule has 0 radical (unpaired) electrons. The highest BCUT2D eigenvalue weighted by molar-refractivity contribution is 6.16. The van der Waals surface area contributed by atoms with Crippen LogP contribution in [0.15, 0.2) is 12.3 Å². The average molecular weight is 147 g/mol. The molecule has 0 fully saturated rings. The first-order valence-corrected chi connectivity index (χ1v) is 2.90. The number of halogens is 2. The molecular formula is C5H4ClFN2. The topological polar surface area (TPSA) is 25.8 Å². The molecule has 1 rings (SSSR count). The molecule has 0 aliphatic heterocycles. The Labute approximate surface area is 56.7 Å². The van der Waals surface area contributed by atoms with Gasteiger partial charge in [-0.15, -0.1) is 11.6 Å². The van der Waals surface area contributed by atoms with Gasteiger partial charge in [0.15, 0.2) is 0 Å². The van der Waals surface area contributed by atoms with E-state index in [1.54, 1.807) is 0 Å². The molecule has 0 bridgehead atoms. The van der Waals surface area contributed by atoms with Crippen molar-refractivity contribution in [1.29, 1.82) is 0 Å². The van der Waals surface area contributed by atoms with Crippen LogP contribution in [-0.4, -0.2) is 9.97 Å². The van der Waals surface area contributed by atoms with Crippen LogP contribution in [0.25, 0.3) is 0 Å². The highest BCUT2D eigenvalue weighted by Crippen LogP contribution is 1.95. The van der Waals surface area contributed by atoms with E-state index in [9.17, 15) is 4.39 Å². The smallest absolute Gasteiger partial charge is 0.216 e. The molecule has 0 spiro atoms. The summed E-state index contributed by atoms with van der Waals surface area (Å²) in [5.41, 5.74) is 0. The molecule has 0 saturated heterocycles. The van der Waals surface area contributed by atoms with Crippen molar-refractivity contribution < 1.29 is 4.39 Å². The molecule has 0 N–H and O–H groups in total. The van der Waals surface area contributed by atoms with Gasteiger partial charge in [0, 0.05) is 12.3 Å². The van der Waals surface area contributed by atoms with E-state index in [0.717, 1.165) is 0 Å². The first kappa shape index (κ1) is 6.42. The third-order valence-corrected chi connectivity index (χ3v) is 1.03. The van der Waals surface area contributed by atoms with Crippen LogP contribution in [0.5, 0.6) is 0 Å². The number of hydrogen-bond acceptors (Lipinski definition) is 2. The molecule has 0 unspecified atom stereocenters. The summed E-state index contributed by atoms with van der Waals surface area (Å²) in [7, 11) is 0. The molecule has 4 heteroatoms. The lowest BCUT2D eigenvalue weighted by atomic mass is 10.6. The van der Waals surface area contributed by atoms with Crippen LogP contribution < -0.4 is 0 Å². The Balaban J connectivity index is 2.94. The lowest BCUT2D eigenvalue weighted by molar-refractivity contribution is 0.573. The van der Waals surface area contributed by atoms with Crippen LogP contribution in [0, 0.1) is 5.95 Å². The molecule has 0 aromatic carbocycles. The van der Waals surface area contributed by atoms with E-state index in [1.165, 1.54) is 12.3 Å². The Morgan fingerprint density at radius 3 is 2.89 bits per heavy atom. The molecule has 2 nitrogen and oxygen atoms in total. The summed E-state index contributed by atoms with van der Waals surface area (Å²) in [4.78, 5) is 7.06. The van der Waals surface area contributed by atoms with E-state index in [1.807, 2.05) is 0 Å². The molecule has 0 aliphatic rings. The van der Waals surface area contributed by atoms with Crippen LogP contribution in [0.2, 0.25) is 0 Å². The Hall–Kier alpha value is -0.700. The fraction of sp³-hybridized carbons (Fsp3) is 0.200. The van der Waals surface area contributed by atoms with Gasteiger partial charge >= 0.3 is 0 Å². The van der Waals surface area contributed by atoms with Gasteiger partial charge in [0.05, 0.1) is 5.88 Å². The molecule has 0 aliphatic carbocycles. The van der Waals surface area contributed by atoms with Crippen molar-refractivity contribution in [2.24, 2.45) is 0 Å². The number of aromatic nitrogens is 2. The molecule has 48 valence electrons. The van der Waals surface area contributed by atoms with Gasteiger partial charge in [-0.25, -0.2) is 9.97 Å². The monoisotopic (exact) mass is 146 g/mol. The van der Waals surface area contributed by atoms with Crippen LogP contribution in [0.4, 0.5) is 4.39 Å². The summed E-state index contributed by atoms with van der Waals surface area (Å²) in [6, 6.07) is 1.18. The molecular weight excluding hydrogens is 143 g/mol. The van der Waals surface area contributed by atoms with Crippen molar-refractivity contribution >= 4 is 11.6 Å². The van der Waals surface area contributed by atoms with Gasteiger partial charge in [-0.1, -0.05) is 0 Å². The van der Waals surface area contributed by atoms with Crippen LogP contribution in [0.3, 0.4) is 0 Å². The maximum atomic E-state index is 12.1. The van der Waals surface area contributed by atoms with E-state index < -0.39 is 5.95 Å². The Bertz CT molecular complexity index is 204. The second-order valence-electron chi connectivity index (χ2n) is 1.43. The van der Waals surface area contributed by atoms with Crippen molar-refractivity contribution in [2.75, 3.05) is 0 Å². The van der Waals surface area contributed by atoms with Gasteiger partial charge in [-0.05, 0) is 0 Å². The van der Waals surface area contributed by atoms with Crippen molar-refractivity contribution in [1.82, 2.24) is 9.97 Å². The summed E-state index contributed by atoms with van der Waals surface area (Å²) in [6.07, 6.45) is 1.33. The maximum Gasteiger partial charge on any atom is 0.216 e. The third-order valence-electron chi connectivity index (χ3n) is 0.791. The fourth-order valence-electron chi connectivity index (χ4n) is 0.439. The second-order valence-corrected chi connectivity index (χ2v) is 1.70. The largest absolute Gasteiger partial charge is 0.240 e. The van der Waals surface area contributed by atoms with Gasteiger partial charge in [0.2, 0.25) is 5.95 Å². The molecule has 9 heavy (non-hydrogen) atoms. The zero-order valence-electron chi connectivity index (χ0n) is 4.51.